The third-order valence-corrected chi connectivity index (χ3v) is 4.53. The molecule has 1 aromatic carbocycles. The van der Waals surface area contributed by atoms with Crippen molar-refractivity contribution in [2.45, 2.75) is 32.2 Å². The summed E-state index contributed by atoms with van der Waals surface area (Å²) in [4.78, 5) is 24.7. The predicted octanol–water partition coefficient (Wildman–Crippen LogP) is 3.23. The van der Waals surface area contributed by atoms with Gasteiger partial charge >= 0.3 is 12.0 Å². The molecule has 1 atom stereocenters. The number of hydrogen-bond donors (Lipinski definition) is 2. The molecule has 108 valence electrons. The van der Waals surface area contributed by atoms with Crippen molar-refractivity contribution in [1.29, 1.82) is 0 Å². The van der Waals surface area contributed by atoms with Gasteiger partial charge in [-0.15, -0.1) is 0 Å². The lowest BCUT2D eigenvalue weighted by Gasteiger charge is -2.24. The Labute approximate surface area is 126 Å². The van der Waals surface area contributed by atoms with E-state index in [9.17, 15) is 9.59 Å². The Balaban J connectivity index is 2.07. The quantitative estimate of drug-likeness (QED) is 0.887. The first-order chi connectivity index (χ1) is 9.49. The molecule has 0 aromatic heterocycles. The van der Waals surface area contributed by atoms with Crippen molar-refractivity contribution >= 4 is 33.6 Å². The Hall–Kier alpha value is -1.56. The van der Waals surface area contributed by atoms with Crippen LogP contribution in [0.1, 0.15) is 24.8 Å². The number of hydrogen-bond acceptors (Lipinski definition) is 2. The molecule has 5 nitrogen and oxygen atoms in total. The van der Waals surface area contributed by atoms with Crippen molar-refractivity contribution in [2.75, 3.05) is 11.9 Å². The molecule has 0 saturated carbocycles. The number of anilines is 1. The summed E-state index contributed by atoms with van der Waals surface area (Å²) in [6.45, 7) is 2.55. The van der Waals surface area contributed by atoms with Crippen molar-refractivity contribution in [3.05, 3.63) is 28.2 Å². The van der Waals surface area contributed by atoms with Crippen molar-refractivity contribution in [3.63, 3.8) is 0 Å². The Morgan fingerprint density at radius 3 is 2.95 bits per heavy atom. The van der Waals surface area contributed by atoms with Crippen LogP contribution in [0.2, 0.25) is 0 Å². The van der Waals surface area contributed by atoms with Crippen molar-refractivity contribution in [2.24, 2.45) is 0 Å². The second-order valence-corrected chi connectivity index (χ2v) is 5.75. The van der Waals surface area contributed by atoms with Gasteiger partial charge in [0.25, 0.3) is 0 Å². The van der Waals surface area contributed by atoms with E-state index in [1.807, 2.05) is 25.1 Å². The highest BCUT2D eigenvalue weighted by Gasteiger charge is 2.30. The predicted molar refractivity (Wildman–Crippen MR) is 79.9 cm³/mol. The summed E-state index contributed by atoms with van der Waals surface area (Å²) in [5.74, 6) is -0.869. The maximum Gasteiger partial charge on any atom is 0.322 e. The Morgan fingerprint density at radius 2 is 2.25 bits per heavy atom. The molecule has 1 unspecified atom stereocenters. The van der Waals surface area contributed by atoms with Crippen LogP contribution in [0.15, 0.2) is 22.7 Å². The molecule has 1 aliphatic rings. The van der Waals surface area contributed by atoms with Crippen LogP contribution < -0.4 is 5.32 Å². The number of carbonyl (C=O) groups is 2. The maximum absolute atomic E-state index is 12.3. The van der Waals surface area contributed by atoms with Gasteiger partial charge in [-0.3, -0.25) is 4.79 Å². The highest BCUT2D eigenvalue weighted by molar-refractivity contribution is 9.10. The smallest absolute Gasteiger partial charge is 0.322 e. The fourth-order valence-electron chi connectivity index (χ4n) is 2.45. The molecule has 0 aliphatic carbocycles. The normalized spacial score (nSPS) is 18.1. The minimum absolute atomic E-state index is 0.00239. The Morgan fingerprint density at radius 1 is 1.50 bits per heavy atom. The van der Waals surface area contributed by atoms with E-state index < -0.39 is 5.97 Å². The molecule has 0 bridgehead atoms. The van der Waals surface area contributed by atoms with Gasteiger partial charge in [-0.1, -0.05) is 12.1 Å². The SMILES string of the molecule is Cc1cccc(NC(=O)N2CCCC2CC(=O)O)c1Br. The Bertz CT molecular complexity index is 533. The number of likely N-dealkylation sites (tertiary alicyclic amines) is 1. The molecule has 2 amide bonds. The van der Waals surface area contributed by atoms with Crippen molar-refractivity contribution in [1.82, 2.24) is 4.90 Å². The molecular formula is C14H17BrN2O3. The van der Waals surface area contributed by atoms with Crippen molar-refractivity contribution in [3.8, 4) is 0 Å². The van der Waals surface area contributed by atoms with Gasteiger partial charge in [-0.2, -0.15) is 0 Å². The average molecular weight is 341 g/mol. The number of aliphatic carboxylic acids is 1. The number of rotatable bonds is 3. The highest BCUT2D eigenvalue weighted by Crippen LogP contribution is 2.27. The highest BCUT2D eigenvalue weighted by atomic mass is 79.9. The van der Waals surface area contributed by atoms with E-state index in [2.05, 4.69) is 21.2 Å². The van der Waals surface area contributed by atoms with E-state index in [1.165, 1.54) is 0 Å². The monoisotopic (exact) mass is 340 g/mol. The van der Waals surface area contributed by atoms with E-state index >= 15 is 0 Å². The number of benzene rings is 1. The maximum atomic E-state index is 12.3. The zero-order valence-electron chi connectivity index (χ0n) is 11.2. The van der Waals surface area contributed by atoms with Gasteiger partial charge in [0.05, 0.1) is 12.1 Å². The standard InChI is InChI=1S/C14H17BrN2O3/c1-9-4-2-6-11(13(9)15)16-14(20)17-7-3-5-10(17)8-12(18)19/h2,4,6,10H,3,5,7-8H2,1H3,(H,16,20)(H,18,19). The summed E-state index contributed by atoms with van der Waals surface area (Å²) in [6.07, 6.45) is 1.59. The molecule has 20 heavy (non-hydrogen) atoms. The van der Waals surface area contributed by atoms with Gasteiger partial charge in [0.1, 0.15) is 0 Å². The number of amides is 2. The van der Waals surface area contributed by atoms with Gasteiger partial charge in [0.15, 0.2) is 0 Å². The number of carboxylic acids is 1. The summed E-state index contributed by atoms with van der Waals surface area (Å²) < 4.78 is 0.849. The number of nitrogens with one attached hydrogen (secondary N) is 1. The molecular weight excluding hydrogens is 324 g/mol. The van der Waals surface area contributed by atoms with Gasteiger partial charge in [0.2, 0.25) is 0 Å². The Kier molecular flexibility index (Phi) is 4.65. The first-order valence-electron chi connectivity index (χ1n) is 6.53. The molecule has 1 fully saturated rings. The van der Waals surface area contributed by atoms with Gasteiger partial charge in [0, 0.05) is 17.1 Å². The molecule has 0 radical (unpaired) electrons. The minimum atomic E-state index is -0.869. The molecule has 1 aromatic rings. The van der Waals surface area contributed by atoms with E-state index in [0.29, 0.717) is 12.2 Å². The number of nitrogens with zero attached hydrogens (tertiary/aromatic N) is 1. The van der Waals surface area contributed by atoms with Crippen LogP contribution in [0, 0.1) is 6.92 Å². The summed E-state index contributed by atoms with van der Waals surface area (Å²) in [5, 5.41) is 11.7. The van der Waals surface area contributed by atoms with E-state index in [-0.39, 0.29) is 18.5 Å². The lowest BCUT2D eigenvalue weighted by atomic mass is 10.1. The van der Waals surface area contributed by atoms with Gasteiger partial charge in [-0.05, 0) is 47.3 Å². The van der Waals surface area contributed by atoms with Crippen LogP contribution in [0.4, 0.5) is 10.5 Å². The van der Waals surface area contributed by atoms with Crippen LogP contribution in [0.5, 0.6) is 0 Å². The zero-order chi connectivity index (χ0) is 14.7. The number of carbonyl (C=O) groups excluding carboxylic acids is 1. The summed E-state index contributed by atoms with van der Waals surface area (Å²) in [6, 6.07) is 5.19. The lowest BCUT2D eigenvalue weighted by Crippen LogP contribution is -2.39. The summed E-state index contributed by atoms with van der Waals surface area (Å²) >= 11 is 3.45. The average Bonchev–Trinajstić information content (AvgIpc) is 2.82. The molecule has 1 aliphatic heterocycles. The third kappa shape index (κ3) is 3.30. The fraction of sp³-hybridized carbons (Fsp3) is 0.429. The summed E-state index contributed by atoms with van der Waals surface area (Å²) in [7, 11) is 0. The van der Waals surface area contributed by atoms with E-state index in [0.717, 1.165) is 22.9 Å². The van der Waals surface area contributed by atoms with Crippen LogP contribution >= 0.6 is 15.9 Å². The third-order valence-electron chi connectivity index (χ3n) is 3.48. The zero-order valence-corrected chi connectivity index (χ0v) is 12.8. The lowest BCUT2D eigenvalue weighted by molar-refractivity contribution is -0.137. The van der Waals surface area contributed by atoms with E-state index in [1.54, 1.807) is 4.90 Å². The second-order valence-electron chi connectivity index (χ2n) is 4.95. The molecule has 2 rings (SSSR count). The van der Waals surface area contributed by atoms with Crippen LogP contribution in [0.3, 0.4) is 0 Å². The van der Waals surface area contributed by atoms with Crippen LogP contribution in [-0.2, 0) is 4.79 Å². The topological polar surface area (TPSA) is 69.6 Å². The van der Waals surface area contributed by atoms with Crippen LogP contribution in [-0.4, -0.2) is 34.6 Å². The second kappa shape index (κ2) is 6.26. The number of halogens is 1. The minimum Gasteiger partial charge on any atom is -0.481 e. The largest absolute Gasteiger partial charge is 0.481 e. The number of urea groups is 1. The summed E-state index contributed by atoms with van der Waals surface area (Å²) in [5.41, 5.74) is 1.74. The van der Waals surface area contributed by atoms with Gasteiger partial charge < -0.3 is 15.3 Å². The van der Waals surface area contributed by atoms with Crippen LogP contribution in [0.25, 0.3) is 0 Å². The first kappa shape index (κ1) is 14.8. The first-order valence-corrected chi connectivity index (χ1v) is 7.33. The molecule has 1 heterocycles. The molecule has 1 saturated heterocycles. The molecule has 2 N–H and O–H groups in total. The molecule has 6 heteroatoms. The van der Waals surface area contributed by atoms with Gasteiger partial charge in [-0.25, -0.2) is 4.79 Å². The van der Waals surface area contributed by atoms with Crippen molar-refractivity contribution < 1.29 is 14.7 Å². The number of aryl methyl sites for hydroxylation is 1. The molecule has 0 spiro atoms. The fourth-order valence-corrected chi connectivity index (χ4v) is 2.81. The number of carboxylic acid groups (broad SMARTS) is 1. The van der Waals surface area contributed by atoms with E-state index in [4.69, 9.17) is 5.11 Å².